The van der Waals surface area contributed by atoms with Crippen LogP contribution in [0.15, 0.2) is 0 Å². The molecule has 6 nitrogen and oxygen atoms in total. The number of carbonyl (C=O) groups excluding carboxylic acids is 2. The number of rotatable bonds is 3. The van der Waals surface area contributed by atoms with E-state index in [1.54, 1.807) is 0 Å². The summed E-state index contributed by atoms with van der Waals surface area (Å²) in [5, 5.41) is 0. The van der Waals surface area contributed by atoms with Crippen LogP contribution < -0.4 is 0 Å². The second-order valence-corrected chi connectivity index (χ2v) is 5.55. The van der Waals surface area contributed by atoms with E-state index in [4.69, 9.17) is 18.9 Å². The van der Waals surface area contributed by atoms with Crippen LogP contribution >= 0.6 is 0 Å². The zero-order valence-corrected chi connectivity index (χ0v) is 11.9. The minimum Gasteiger partial charge on any atom is -0.469 e. The topological polar surface area (TPSA) is 71.1 Å². The third-order valence-corrected chi connectivity index (χ3v) is 4.45. The number of methoxy groups -OCH3 is 3. The van der Waals surface area contributed by atoms with Crippen LogP contribution in [-0.4, -0.2) is 44.7 Å². The molecule has 2 aliphatic rings. The number of fused-ring (bicyclic) bond motifs is 1. The van der Waals surface area contributed by atoms with Crippen molar-refractivity contribution >= 4 is 11.9 Å². The first-order valence-electron chi connectivity index (χ1n) is 6.25. The van der Waals surface area contributed by atoms with Gasteiger partial charge in [0.05, 0.1) is 7.11 Å². The largest absolute Gasteiger partial charge is 0.469 e. The van der Waals surface area contributed by atoms with Gasteiger partial charge in [-0.05, 0) is 20.3 Å². The lowest BCUT2D eigenvalue weighted by molar-refractivity contribution is -0.252. The fourth-order valence-electron chi connectivity index (χ4n) is 3.49. The average molecular weight is 272 g/mol. The standard InChI is InChI=1S/C13H20O6/c1-12(2)7-6-8(10(14)16-3)13(17-4,18-5)9(7)11(15)19-12/h7-9H,6H2,1-5H3/t7?,8-,9+/m0/s1. The van der Waals surface area contributed by atoms with E-state index in [0.717, 1.165) is 0 Å². The maximum Gasteiger partial charge on any atom is 0.315 e. The van der Waals surface area contributed by atoms with E-state index in [-0.39, 0.29) is 11.9 Å². The number of carbonyl (C=O) groups is 2. The Balaban J connectivity index is 2.46. The van der Waals surface area contributed by atoms with E-state index in [0.29, 0.717) is 6.42 Å². The highest BCUT2D eigenvalue weighted by molar-refractivity contribution is 5.82. The van der Waals surface area contributed by atoms with Crippen molar-refractivity contribution in [2.45, 2.75) is 31.7 Å². The molecule has 0 aromatic rings. The maximum atomic E-state index is 12.1. The molecule has 1 unspecified atom stereocenters. The minimum absolute atomic E-state index is 0.135. The molecule has 0 amide bonds. The smallest absolute Gasteiger partial charge is 0.315 e. The number of ether oxygens (including phenoxy) is 4. The SMILES string of the molecule is COC(=O)[C@@H]1CC2[C@H](C(=O)OC2(C)C)C1(OC)OC. The van der Waals surface area contributed by atoms with Crippen molar-refractivity contribution in [3.63, 3.8) is 0 Å². The van der Waals surface area contributed by atoms with Crippen molar-refractivity contribution in [1.29, 1.82) is 0 Å². The molecule has 108 valence electrons. The molecule has 0 aromatic carbocycles. The summed E-state index contributed by atoms with van der Waals surface area (Å²) in [6.45, 7) is 3.68. The summed E-state index contributed by atoms with van der Waals surface area (Å²) in [5.74, 6) is -3.49. The molecule has 1 aliphatic heterocycles. The normalized spacial score (nSPS) is 34.8. The van der Waals surface area contributed by atoms with Gasteiger partial charge in [-0.25, -0.2) is 0 Å². The first kappa shape index (κ1) is 14.3. The minimum atomic E-state index is -1.30. The van der Waals surface area contributed by atoms with Crippen molar-refractivity contribution in [2.24, 2.45) is 17.8 Å². The zero-order chi connectivity index (χ0) is 14.4. The molecular formula is C13H20O6. The van der Waals surface area contributed by atoms with Crippen LogP contribution in [0.25, 0.3) is 0 Å². The van der Waals surface area contributed by atoms with Gasteiger partial charge in [0.25, 0.3) is 0 Å². The van der Waals surface area contributed by atoms with E-state index in [2.05, 4.69) is 0 Å². The lowest BCUT2D eigenvalue weighted by Gasteiger charge is -2.34. The summed E-state index contributed by atoms with van der Waals surface area (Å²) in [5.41, 5.74) is -0.632. The Morgan fingerprint density at radius 1 is 1.26 bits per heavy atom. The predicted octanol–water partition coefficient (Wildman–Crippen LogP) is 0.736. The first-order valence-corrected chi connectivity index (χ1v) is 6.25. The van der Waals surface area contributed by atoms with Crippen LogP contribution in [0.1, 0.15) is 20.3 Å². The van der Waals surface area contributed by atoms with Gasteiger partial charge in [0.2, 0.25) is 0 Å². The Kier molecular flexibility index (Phi) is 3.35. The molecule has 1 heterocycles. The Morgan fingerprint density at radius 2 is 1.84 bits per heavy atom. The molecule has 1 saturated carbocycles. The molecule has 0 aromatic heterocycles. The monoisotopic (exact) mass is 272 g/mol. The van der Waals surface area contributed by atoms with Gasteiger partial charge in [-0.3, -0.25) is 9.59 Å². The van der Waals surface area contributed by atoms with Crippen LogP contribution in [0.4, 0.5) is 0 Å². The van der Waals surface area contributed by atoms with Gasteiger partial charge in [-0.2, -0.15) is 0 Å². The summed E-state index contributed by atoms with van der Waals surface area (Å²) in [7, 11) is 4.18. The lowest BCUT2D eigenvalue weighted by Crippen LogP contribution is -2.49. The fraction of sp³-hybridized carbons (Fsp3) is 0.846. The lowest BCUT2D eigenvalue weighted by atomic mass is 9.84. The predicted molar refractivity (Wildman–Crippen MR) is 64.0 cm³/mol. The molecule has 0 N–H and O–H groups in total. The summed E-state index contributed by atoms with van der Waals surface area (Å²) in [4.78, 5) is 24.1. The number of hydrogen-bond acceptors (Lipinski definition) is 6. The molecule has 3 atom stereocenters. The summed E-state index contributed by atoms with van der Waals surface area (Å²) < 4.78 is 21.1. The van der Waals surface area contributed by atoms with Gasteiger partial charge in [-0.1, -0.05) is 0 Å². The van der Waals surface area contributed by atoms with E-state index in [1.807, 2.05) is 13.8 Å². The fourth-order valence-corrected chi connectivity index (χ4v) is 3.49. The van der Waals surface area contributed by atoms with E-state index >= 15 is 0 Å². The number of esters is 2. The molecule has 2 fully saturated rings. The van der Waals surface area contributed by atoms with E-state index in [9.17, 15) is 9.59 Å². The average Bonchev–Trinajstić information content (AvgIpc) is 2.83. The summed E-state index contributed by atoms with van der Waals surface area (Å²) in [6, 6.07) is 0. The van der Waals surface area contributed by atoms with Gasteiger partial charge in [0, 0.05) is 20.1 Å². The van der Waals surface area contributed by atoms with Crippen LogP contribution in [0.3, 0.4) is 0 Å². The Morgan fingerprint density at radius 3 is 2.32 bits per heavy atom. The van der Waals surface area contributed by atoms with Crippen molar-refractivity contribution in [2.75, 3.05) is 21.3 Å². The molecule has 2 rings (SSSR count). The van der Waals surface area contributed by atoms with Crippen molar-refractivity contribution < 1.29 is 28.5 Å². The highest BCUT2D eigenvalue weighted by Gasteiger charge is 2.70. The van der Waals surface area contributed by atoms with Crippen molar-refractivity contribution in [3.05, 3.63) is 0 Å². The number of cyclic esters (lactones) is 1. The molecule has 1 aliphatic carbocycles. The molecule has 0 spiro atoms. The van der Waals surface area contributed by atoms with Crippen LogP contribution in [-0.2, 0) is 28.5 Å². The second-order valence-electron chi connectivity index (χ2n) is 5.55. The molecular weight excluding hydrogens is 252 g/mol. The first-order chi connectivity index (χ1) is 8.84. The maximum absolute atomic E-state index is 12.1. The quantitative estimate of drug-likeness (QED) is 0.557. The van der Waals surface area contributed by atoms with Crippen LogP contribution in [0.5, 0.6) is 0 Å². The molecule has 0 bridgehead atoms. The van der Waals surface area contributed by atoms with E-state index in [1.165, 1.54) is 21.3 Å². The van der Waals surface area contributed by atoms with Gasteiger partial charge in [0.1, 0.15) is 17.4 Å². The highest BCUT2D eigenvalue weighted by Crippen LogP contribution is 2.56. The van der Waals surface area contributed by atoms with Gasteiger partial charge in [0.15, 0.2) is 5.79 Å². The molecule has 6 heteroatoms. The zero-order valence-electron chi connectivity index (χ0n) is 11.9. The van der Waals surface area contributed by atoms with E-state index < -0.39 is 29.2 Å². The van der Waals surface area contributed by atoms with Crippen molar-refractivity contribution in [3.8, 4) is 0 Å². The van der Waals surface area contributed by atoms with Gasteiger partial charge in [-0.15, -0.1) is 0 Å². The molecule has 19 heavy (non-hydrogen) atoms. The third-order valence-electron chi connectivity index (χ3n) is 4.45. The van der Waals surface area contributed by atoms with Gasteiger partial charge < -0.3 is 18.9 Å². The third kappa shape index (κ3) is 1.77. The highest BCUT2D eigenvalue weighted by atomic mass is 16.7. The second kappa shape index (κ2) is 4.45. The molecule has 1 saturated heterocycles. The van der Waals surface area contributed by atoms with Crippen LogP contribution in [0, 0.1) is 17.8 Å². The Hall–Kier alpha value is -1.14. The molecule has 0 radical (unpaired) electrons. The number of hydrogen-bond donors (Lipinski definition) is 0. The summed E-state index contributed by atoms with van der Waals surface area (Å²) >= 11 is 0. The van der Waals surface area contributed by atoms with Gasteiger partial charge >= 0.3 is 11.9 Å². The Labute approximate surface area is 112 Å². The van der Waals surface area contributed by atoms with Crippen molar-refractivity contribution in [1.82, 2.24) is 0 Å². The summed E-state index contributed by atoms with van der Waals surface area (Å²) in [6.07, 6.45) is 0.442. The Bertz CT molecular complexity index is 398. The van der Waals surface area contributed by atoms with Crippen LogP contribution in [0.2, 0.25) is 0 Å².